The minimum Gasteiger partial charge on any atom is -0.248 e. The lowest BCUT2D eigenvalue weighted by atomic mass is 10.2. The Morgan fingerprint density at radius 1 is 0.727 bits per heavy atom. The summed E-state index contributed by atoms with van der Waals surface area (Å²) in [6.07, 6.45) is 3.93. The van der Waals surface area contributed by atoms with Gasteiger partial charge in [0.2, 0.25) is 0 Å². The van der Waals surface area contributed by atoms with E-state index in [-0.39, 0.29) is 0 Å². The van der Waals surface area contributed by atoms with E-state index in [1.165, 1.54) is 11.1 Å². The molecule has 5 aromatic rings. The van der Waals surface area contributed by atoms with E-state index in [1.807, 2.05) is 69.8 Å². The van der Waals surface area contributed by atoms with Gasteiger partial charge in [0.15, 0.2) is 5.16 Å². The van der Waals surface area contributed by atoms with E-state index in [0.29, 0.717) is 25.4 Å². The fourth-order valence-electron chi connectivity index (χ4n) is 3.45. The third kappa shape index (κ3) is 5.53. The maximum Gasteiger partial charge on any atom is 0.187 e. The average Bonchev–Trinajstić information content (AvgIpc) is 3.55. The lowest BCUT2D eigenvalue weighted by Gasteiger charge is -2.02. The van der Waals surface area contributed by atoms with Gasteiger partial charge in [0.05, 0.1) is 31.5 Å². The van der Waals surface area contributed by atoms with Gasteiger partial charge in [-0.15, -0.1) is 10.2 Å². The van der Waals surface area contributed by atoms with Crippen molar-refractivity contribution in [2.24, 2.45) is 0 Å². The van der Waals surface area contributed by atoms with Gasteiger partial charge in [-0.05, 0) is 18.1 Å². The molecule has 0 aliphatic heterocycles. The van der Waals surface area contributed by atoms with Crippen molar-refractivity contribution in [3.63, 3.8) is 0 Å². The highest BCUT2D eigenvalue weighted by molar-refractivity contribution is 7.98. The van der Waals surface area contributed by atoms with Crippen molar-refractivity contribution in [1.29, 1.82) is 0 Å². The number of nitrogens with zero attached hydrogens (tertiary/aromatic N) is 9. The fraction of sp³-hybridized carbons (Fsp3) is 0.217. The molecule has 0 atom stereocenters. The Bertz CT molecular complexity index is 1310. The normalized spacial score (nSPS) is 11.2. The predicted octanol–water partition coefficient (Wildman–Crippen LogP) is 3.21. The molecule has 9 nitrogen and oxygen atoms in total. The molecule has 0 aliphatic rings. The Labute approximate surface area is 195 Å². The van der Waals surface area contributed by atoms with Gasteiger partial charge >= 0.3 is 0 Å². The summed E-state index contributed by atoms with van der Waals surface area (Å²) >= 11 is 1.59. The molecule has 10 heteroatoms. The number of aryl methyl sites for hydroxylation is 1. The topological polar surface area (TPSA) is 92.1 Å². The van der Waals surface area contributed by atoms with Crippen LogP contribution < -0.4 is 0 Å². The van der Waals surface area contributed by atoms with E-state index in [1.54, 1.807) is 11.8 Å². The summed E-state index contributed by atoms with van der Waals surface area (Å²) in [5.41, 5.74) is 4.11. The fourth-order valence-corrected chi connectivity index (χ4v) is 4.31. The van der Waals surface area contributed by atoms with E-state index in [4.69, 9.17) is 0 Å². The highest BCUT2D eigenvalue weighted by atomic mass is 32.2. The van der Waals surface area contributed by atoms with Gasteiger partial charge < -0.3 is 0 Å². The van der Waals surface area contributed by atoms with Gasteiger partial charge in [-0.1, -0.05) is 82.9 Å². The molecule has 33 heavy (non-hydrogen) atoms. The largest absolute Gasteiger partial charge is 0.248 e. The first kappa shape index (κ1) is 21.1. The maximum absolute atomic E-state index is 4.58. The number of rotatable bonds is 9. The van der Waals surface area contributed by atoms with Crippen LogP contribution in [0.5, 0.6) is 0 Å². The Balaban J connectivity index is 1.21. The molecule has 3 aromatic heterocycles. The molecule has 3 heterocycles. The molecule has 0 saturated carbocycles. The Morgan fingerprint density at radius 2 is 1.30 bits per heavy atom. The molecular weight excluding hydrogens is 434 g/mol. The predicted molar refractivity (Wildman–Crippen MR) is 125 cm³/mol. The summed E-state index contributed by atoms with van der Waals surface area (Å²) in [6, 6.07) is 20.4. The Hall–Kier alpha value is -3.79. The van der Waals surface area contributed by atoms with Gasteiger partial charge in [0.1, 0.15) is 11.5 Å². The van der Waals surface area contributed by atoms with Crippen molar-refractivity contribution in [1.82, 2.24) is 44.8 Å². The summed E-state index contributed by atoms with van der Waals surface area (Å²) < 4.78 is 5.56. The molecule has 166 valence electrons. The summed E-state index contributed by atoms with van der Waals surface area (Å²) in [5.74, 6) is 1.38. The van der Waals surface area contributed by atoms with E-state index < -0.39 is 0 Å². The molecule has 0 unspecified atom stereocenters. The van der Waals surface area contributed by atoms with Crippen LogP contribution in [-0.2, 0) is 25.4 Å². The summed E-state index contributed by atoms with van der Waals surface area (Å²) in [5, 5.41) is 22.5. The number of thioether (sulfide) groups is 1. The van der Waals surface area contributed by atoms with Crippen molar-refractivity contribution in [3.05, 3.63) is 101 Å². The minimum atomic E-state index is 0.513. The van der Waals surface area contributed by atoms with E-state index in [2.05, 4.69) is 55.0 Å². The third-order valence-electron chi connectivity index (χ3n) is 4.95. The van der Waals surface area contributed by atoms with Crippen molar-refractivity contribution < 1.29 is 0 Å². The molecule has 0 bridgehead atoms. The second-order valence-corrected chi connectivity index (χ2v) is 8.62. The molecule has 0 fully saturated rings. The van der Waals surface area contributed by atoms with Crippen LogP contribution in [0.2, 0.25) is 0 Å². The lowest BCUT2D eigenvalue weighted by Crippen LogP contribution is -2.04. The van der Waals surface area contributed by atoms with Crippen LogP contribution in [0.1, 0.15) is 28.3 Å². The maximum atomic E-state index is 4.58. The minimum absolute atomic E-state index is 0.513. The summed E-state index contributed by atoms with van der Waals surface area (Å²) in [6.45, 7) is 3.79. The summed E-state index contributed by atoms with van der Waals surface area (Å²) in [7, 11) is 0. The quantitative estimate of drug-likeness (QED) is 0.314. The standard InChI is InChI=1S/C23H23N9S/c1-18-24-23(33-17-22-15-31(29-26-22)13-20-10-6-3-7-11-20)32(27-18)16-21-14-30(28-25-21)12-19-8-4-2-5-9-19/h2-11,14-15H,12-13,16-17H2,1H3. The zero-order valence-corrected chi connectivity index (χ0v) is 19.0. The van der Waals surface area contributed by atoms with Crippen molar-refractivity contribution >= 4 is 11.8 Å². The van der Waals surface area contributed by atoms with Crippen LogP contribution in [0.15, 0.2) is 78.2 Å². The van der Waals surface area contributed by atoms with Crippen molar-refractivity contribution in [2.75, 3.05) is 0 Å². The van der Waals surface area contributed by atoms with E-state index >= 15 is 0 Å². The smallest absolute Gasteiger partial charge is 0.187 e. The van der Waals surface area contributed by atoms with Crippen LogP contribution in [0, 0.1) is 6.92 Å². The van der Waals surface area contributed by atoms with Crippen LogP contribution in [-0.4, -0.2) is 44.8 Å². The monoisotopic (exact) mass is 457 g/mol. The lowest BCUT2D eigenvalue weighted by molar-refractivity contribution is 0.603. The first-order chi connectivity index (χ1) is 16.2. The molecule has 5 rings (SSSR count). The van der Waals surface area contributed by atoms with Crippen molar-refractivity contribution in [2.45, 2.75) is 37.5 Å². The van der Waals surface area contributed by atoms with Crippen LogP contribution >= 0.6 is 11.8 Å². The zero-order valence-electron chi connectivity index (χ0n) is 18.2. The molecule has 0 radical (unpaired) electrons. The van der Waals surface area contributed by atoms with Crippen LogP contribution in [0.3, 0.4) is 0 Å². The number of aromatic nitrogens is 9. The van der Waals surface area contributed by atoms with Gasteiger partial charge in [-0.2, -0.15) is 5.10 Å². The Kier molecular flexibility index (Phi) is 6.25. The van der Waals surface area contributed by atoms with Gasteiger partial charge in [0.25, 0.3) is 0 Å². The highest BCUT2D eigenvalue weighted by Crippen LogP contribution is 2.21. The molecule has 0 saturated heterocycles. The number of benzene rings is 2. The molecule has 2 aromatic carbocycles. The SMILES string of the molecule is Cc1nc(SCc2cn(Cc3ccccc3)nn2)n(Cc2cn(Cc3ccccc3)nn2)n1. The molecule has 0 amide bonds. The first-order valence-electron chi connectivity index (χ1n) is 10.6. The van der Waals surface area contributed by atoms with Gasteiger partial charge in [0, 0.05) is 11.9 Å². The Morgan fingerprint density at radius 3 is 1.94 bits per heavy atom. The molecule has 0 N–H and O–H groups in total. The third-order valence-corrected chi connectivity index (χ3v) is 5.95. The van der Waals surface area contributed by atoms with Gasteiger partial charge in [-0.25, -0.2) is 19.0 Å². The average molecular weight is 458 g/mol. The van der Waals surface area contributed by atoms with E-state index in [0.717, 1.165) is 22.4 Å². The van der Waals surface area contributed by atoms with Crippen molar-refractivity contribution in [3.8, 4) is 0 Å². The van der Waals surface area contributed by atoms with Crippen LogP contribution in [0.4, 0.5) is 0 Å². The van der Waals surface area contributed by atoms with Crippen LogP contribution in [0.25, 0.3) is 0 Å². The second kappa shape index (κ2) is 9.78. The molecule has 0 aliphatic carbocycles. The number of hydrogen-bond donors (Lipinski definition) is 0. The first-order valence-corrected chi connectivity index (χ1v) is 11.6. The van der Waals surface area contributed by atoms with Gasteiger partial charge in [-0.3, -0.25) is 0 Å². The number of hydrogen-bond acceptors (Lipinski definition) is 7. The molecular formula is C23H23N9S. The zero-order chi connectivity index (χ0) is 22.5. The highest BCUT2D eigenvalue weighted by Gasteiger charge is 2.12. The molecule has 0 spiro atoms. The second-order valence-electron chi connectivity index (χ2n) is 7.67. The van der Waals surface area contributed by atoms with E-state index in [9.17, 15) is 0 Å². The summed E-state index contributed by atoms with van der Waals surface area (Å²) in [4.78, 5) is 4.58.